The van der Waals surface area contributed by atoms with Crippen molar-refractivity contribution < 1.29 is 31.1 Å². The standard InChI is InChI=1S/C12H13F6NOS/c13-11(14,15)7-20-4-1-5-21-10-3-2-8(6-9(10)19)12(16,17)18/h2-3,6H,1,4-5,7,19H2. The largest absolute Gasteiger partial charge is 0.416 e. The summed E-state index contributed by atoms with van der Waals surface area (Å²) >= 11 is 1.17. The first-order chi connectivity index (χ1) is 9.59. The van der Waals surface area contributed by atoms with Gasteiger partial charge in [0.1, 0.15) is 6.61 Å². The van der Waals surface area contributed by atoms with Crippen molar-refractivity contribution in [2.75, 3.05) is 24.7 Å². The molecule has 0 aliphatic heterocycles. The van der Waals surface area contributed by atoms with Gasteiger partial charge >= 0.3 is 12.4 Å². The SMILES string of the molecule is Nc1cc(C(F)(F)F)ccc1SCCCOCC(F)(F)F. The van der Waals surface area contributed by atoms with Crippen LogP contribution in [0, 0.1) is 0 Å². The molecule has 1 rings (SSSR count). The van der Waals surface area contributed by atoms with Crippen LogP contribution in [-0.2, 0) is 10.9 Å². The molecule has 0 fully saturated rings. The van der Waals surface area contributed by atoms with Gasteiger partial charge in [0, 0.05) is 22.9 Å². The first kappa shape index (κ1) is 18.0. The number of rotatable bonds is 6. The lowest BCUT2D eigenvalue weighted by atomic mass is 10.2. The Kier molecular flexibility index (Phi) is 6.21. The van der Waals surface area contributed by atoms with E-state index in [1.807, 2.05) is 0 Å². The van der Waals surface area contributed by atoms with Gasteiger partial charge in [-0.1, -0.05) is 0 Å². The quantitative estimate of drug-likeness (QED) is 0.364. The van der Waals surface area contributed by atoms with Gasteiger partial charge in [-0.15, -0.1) is 11.8 Å². The van der Waals surface area contributed by atoms with Crippen LogP contribution in [0.3, 0.4) is 0 Å². The van der Waals surface area contributed by atoms with Crippen molar-refractivity contribution in [3.63, 3.8) is 0 Å². The maximum atomic E-state index is 12.4. The fourth-order valence-electron chi connectivity index (χ4n) is 1.39. The highest BCUT2D eigenvalue weighted by atomic mass is 32.2. The molecule has 1 aromatic rings. The van der Waals surface area contributed by atoms with Gasteiger partial charge in [0.15, 0.2) is 0 Å². The molecule has 0 atom stereocenters. The molecule has 0 aromatic heterocycles. The number of alkyl halides is 6. The second-order valence-corrected chi connectivity index (χ2v) is 5.26. The number of ether oxygens (including phenoxy) is 1. The third kappa shape index (κ3) is 6.94. The van der Waals surface area contributed by atoms with E-state index < -0.39 is 24.5 Å². The fourth-order valence-corrected chi connectivity index (χ4v) is 2.26. The monoisotopic (exact) mass is 333 g/mol. The van der Waals surface area contributed by atoms with Crippen LogP contribution in [0.5, 0.6) is 0 Å². The van der Waals surface area contributed by atoms with E-state index in [-0.39, 0.29) is 12.3 Å². The van der Waals surface area contributed by atoms with Crippen molar-refractivity contribution in [3.8, 4) is 0 Å². The van der Waals surface area contributed by atoms with Crippen LogP contribution in [-0.4, -0.2) is 25.1 Å². The van der Waals surface area contributed by atoms with Gasteiger partial charge in [0.05, 0.1) is 5.56 Å². The Bertz CT molecular complexity index is 460. The number of hydrogen-bond acceptors (Lipinski definition) is 3. The van der Waals surface area contributed by atoms with E-state index in [0.29, 0.717) is 17.1 Å². The molecule has 0 radical (unpaired) electrons. The van der Waals surface area contributed by atoms with Gasteiger partial charge in [-0.25, -0.2) is 0 Å². The zero-order valence-electron chi connectivity index (χ0n) is 10.7. The van der Waals surface area contributed by atoms with E-state index in [4.69, 9.17) is 5.73 Å². The van der Waals surface area contributed by atoms with E-state index in [2.05, 4.69) is 4.74 Å². The molecule has 0 saturated carbocycles. The van der Waals surface area contributed by atoms with E-state index in [1.165, 1.54) is 17.8 Å². The minimum absolute atomic E-state index is 0.00830. The van der Waals surface area contributed by atoms with Gasteiger partial charge < -0.3 is 10.5 Å². The number of thioether (sulfide) groups is 1. The summed E-state index contributed by atoms with van der Waals surface area (Å²) in [5, 5.41) is 0. The summed E-state index contributed by atoms with van der Waals surface area (Å²) in [5.41, 5.74) is 4.67. The van der Waals surface area contributed by atoms with Crippen LogP contribution in [0.1, 0.15) is 12.0 Å². The van der Waals surface area contributed by atoms with Gasteiger partial charge in [-0.05, 0) is 24.6 Å². The second kappa shape index (κ2) is 7.26. The van der Waals surface area contributed by atoms with Crippen molar-refractivity contribution in [2.45, 2.75) is 23.7 Å². The molecule has 9 heteroatoms. The van der Waals surface area contributed by atoms with Crippen molar-refractivity contribution in [1.82, 2.24) is 0 Å². The molecule has 0 bridgehead atoms. The zero-order chi connectivity index (χ0) is 16.1. The summed E-state index contributed by atoms with van der Waals surface area (Å²) in [4.78, 5) is 0.457. The highest BCUT2D eigenvalue weighted by molar-refractivity contribution is 7.99. The summed E-state index contributed by atoms with van der Waals surface area (Å²) in [7, 11) is 0. The molecule has 2 nitrogen and oxygen atoms in total. The average Bonchev–Trinajstić information content (AvgIpc) is 2.32. The van der Waals surface area contributed by atoms with Crippen LogP contribution in [0.25, 0.3) is 0 Å². The molecule has 0 spiro atoms. The summed E-state index contributed by atoms with van der Waals surface area (Å²) in [6.07, 6.45) is -8.48. The van der Waals surface area contributed by atoms with Crippen LogP contribution in [0.15, 0.2) is 23.1 Å². The van der Waals surface area contributed by atoms with Gasteiger partial charge in [0.2, 0.25) is 0 Å². The Morgan fingerprint density at radius 2 is 1.76 bits per heavy atom. The molecule has 0 unspecified atom stereocenters. The number of nitrogens with two attached hydrogens (primary N) is 1. The van der Waals surface area contributed by atoms with Crippen molar-refractivity contribution in [2.24, 2.45) is 0 Å². The van der Waals surface area contributed by atoms with E-state index in [9.17, 15) is 26.3 Å². The van der Waals surface area contributed by atoms with Gasteiger partial charge in [-0.2, -0.15) is 26.3 Å². The molecule has 0 aliphatic rings. The van der Waals surface area contributed by atoms with Crippen molar-refractivity contribution >= 4 is 17.4 Å². The van der Waals surface area contributed by atoms with Crippen LogP contribution >= 0.6 is 11.8 Å². The fraction of sp³-hybridized carbons (Fsp3) is 0.500. The lowest BCUT2D eigenvalue weighted by Crippen LogP contribution is -2.17. The first-order valence-corrected chi connectivity index (χ1v) is 6.82. The molecule has 0 amide bonds. The summed E-state index contributed by atoms with van der Waals surface area (Å²) < 4.78 is 77.0. The van der Waals surface area contributed by atoms with Crippen LogP contribution in [0.4, 0.5) is 32.0 Å². The molecule has 0 saturated heterocycles. The predicted molar refractivity (Wildman–Crippen MR) is 68.1 cm³/mol. The smallest absolute Gasteiger partial charge is 0.398 e. The third-order valence-electron chi connectivity index (χ3n) is 2.29. The maximum absolute atomic E-state index is 12.4. The summed E-state index contributed by atoms with van der Waals surface area (Å²) in [5.74, 6) is 0.396. The molecule has 21 heavy (non-hydrogen) atoms. The number of halogens is 6. The highest BCUT2D eigenvalue weighted by Crippen LogP contribution is 2.34. The Labute approximate surface area is 121 Å². The minimum Gasteiger partial charge on any atom is -0.398 e. The predicted octanol–water partition coefficient (Wildman–Crippen LogP) is 4.35. The Hall–Kier alpha value is -1.09. The highest BCUT2D eigenvalue weighted by Gasteiger charge is 2.30. The summed E-state index contributed by atoms with van der Waals surface area (Å²) in [6.45, 7) is -1.38. The number of anilines is 1. The maximum Gasteiger partial charge on any atom is 0.416 e. The Balaban J connectivity index is 2.36. The lowest BCUT2D eigenvalue weighted by molar-refractivity contribution is -0.173. The normalized spacial score (nSPS) is 12.7. The zero-order valence-corrected chi connectivity index (χ0v) is 11.5. The average molecular weight is 333 g/mol. The minimum atomic E-state index is -4.46. The van der Waals surface area contributed by atoms with E-state index in [0.717, 1.165) is 12.1 Å². The van der Waals surface area contributed by atoms with Crippen molar-refractivity contribution in [1.29, 1.82) is 0 Å². The first-order valence-electron chi connectivity index (χ1n) is 5.83. The van der Waals surface area contributed by atoms with Gasteiger partial charge in [0.25, 0.3) is 0 Å². The Morgan fingerprint density at radius 1 is 1.10 bits per heavy atom. The summed E-state index contributed by atoms with van der Waals surface area (Å²) in [6, 6.07) is 3.00. The second-order valence-electron chi connectivity index (χ2n) is 4.12. The molecular formula is C12H13F6NOS. The van der Waals surface area contributed by atoms with Crippen LogP contribution in [0.2, 0.25) is 0 Å². The number of benzene rings is 1. The van der Waals surface area contributed by atoms with Crippen LogP contribution < -0.4 is 5.73 Å². The lowest BCUT2D eigenvalue weighted by Gasteiger charge is -2.11. The van der Waals surface area contributed by atoms with E-state index >= 15 is 0 Å². The molecular weight excluding hydrogens is 320 g/mol. The Morgan fingerprint density at radius 3 is 2.29 bits per heavy atom. The third-order valence-corrected chi connectivity index (χ3v) is 3.47. The molecule has 0 aliphatic carbocycles. The topological polar surface area (TPSA) is 35.2 Å². The molecule has 0 heterocycles. The number of hydrogen-bond donors (Lipinski definition) is 1. The van der Waals surface area contributed by atoms with E-state index in [1.54, 1.807) is 0 Å². The number of nitrogen functional groups attached to an aromatic ring is 1. The molecule has 2 N–H and O–H groups in total. The van der Waals surface area contributed by atoms with Crippen molar-refractivity contribution in [3.05, 3.63) is 23.8 Å². The molecule has 120 valence electrons. The van der Waals surface area contributed by atoms with Gasteiger partial charge in [-0.3, -0.25) is 0 Å². The molecule has 1 aromatic carbocycles.